The Morgan fingerprint density at radius 2 is 2.31 bits per heavy atom. The lowest BCUT2D eigenvalue weighted by Gasteiger charge is -2.21. The Hall–Kier alpha value is -1.13. The number of carbonyl (C=O) groups is 1. The van der Waals surface area contributed by atoms with Crippen molar-refractivity contribution in [1.82, 2.24) is 4.98 Å². The van der Waals surface area contributed by atoms with Crippen molar-refractivity contribution in [3.63, 3.8) is 0 Å². The number of rotatable bonds is 3. The molecule has 0 aromatic carbocycles. The number of halogens is 1. The molecule has 1 rings (SSSR count). The molecule has 0 radical (unpaired) electrons. The summed E-state index contributed by atoms with van der Waals surface area (Å²) in [5.41, 5.74) is 6.37. The number of pyridine rings is 1. The quantitative estimate of drug-likeness (QED) is 0.797. The van der Waals surface area contributed by atoms with E-state index in [9.17, 15) is 4.79 Å². The number of hydrogen-bond acceptors (Lipinski definition) is 3. The summed E-state index contributed by atoms with van der Waals surface area (Å²) >= 11 is 5.79. The van der Waals surface area contributed by atoms with Gasteiger partial charge in [-0.05, 0) is 31.9 Å². The van der Waals surface area contributed by atoms with Crippen LogP contribution >= 0.6 is 11.6 Å². The van der Waals surface area contributed by atoms with Crippen LogP contribution in [0.4, 0.5) is 5.69 Å². The molecule has 0 aliphatic carbocycles. The van der Waals surface area contributed by atoms with Gasteiger partial charge in [-0.3, -0.25) is 4.79 Å². The van der Waals surface area contributed by atoms with Crippen molar-refractivity contribution in [3.8, 4) is 0 Å². The maximum atomic E-state index is 11.8. The molecule has 1 heterocycles. The van der Waals surface area contributed by atoms with Crippen LogP contribution in [0.2, 0.25) is 5.15 Å². The summed E-state index contributed by atoms with van der Waals surface area (Å²) in [5.74, 6) is -0.224. The number of carbonyl (C=O) groups excluding carboxylic acids is 1. The lowest BCUT2D eigenvalue weighted by Crippen LogP contribution is -2.47. The van der Waals surface area contributed by atoms with E-state index >= 15 is 0 Å². The van der Waals surface area contributed by atoms with Crippen LogP contribution < -0.4 is 11.1 Å². The van der Waals surface area contributed by atoms with E-state index in [4.69, 9.17) is 17.3 Å². The van der Waals surface area contributed by atoms with E-state index in [2.05, 4.69) is 10.3 Å². The topological polar surface area (TPSA) is 68.0 Å². The van der Waals surface area contributed by atoms with E-state index in [-0.39, 0.29) is 5.91 Å². The van der Waals surface area contributed by atoms with Crippen molar-refractivity contribution < 1.29 is 4.79 Å². The molecule has 1 aromatic heterocycles. The van der Waals surface area contributed by atoms with Crippen LogP contribution in [0.25, 0.3) is 0 Å². The van der Waals surface area contributed by atoms with Gasteiger partial charge in [0.1, 0.15) is 5.15 Å². The van der Waals surface area contributed by atoms with Crippen molar-refractivity contribution in [3.05, 3.63) is 23.0 Å². The molecular weight excluding hydrogens is 226 g/mol. The standard InChI is InChI=1S/C11H16ClN3O/c1-4-11(3,13)10(16)15-8-5-7(2)9(12)14-6-8/h5-6H,4,13H2,1-3H3,(H,15,16). The second-order valence-corrected chi connectivity index (χ2v) is 4.41. The lowest BCUT2D eigenvalue weighted by molar-refractivity contribution is -0.120. The van der Waals surface area contributed by atoms with E-state index < -0.39 is 5.54 Å². The van der Waals surface area contributed by atoms with Crippen LogP contribution in [0.15, 0.2) is 12.3 Å². The molecule has 1 unspecified atom stereocenters. The second-order valence-electron chi connectivity index (χ2n) is 4.06. The summed E-state index contributed by atoms with van der Waals surface area (Å²) in [6, 6.07) is 1.76. The van der Waals surface area contributed by atoms with Gasteiger partial charge >= 0.3 is 0 Å². The number of amides is 1. The molecule has 0 saturated carbocycles. The minimum Gasteiger partial charge on any atom is -0.323 e. The molecule has 0 bridgehead atoms. The summed E-state index contributed by atoms with van der Waals surface area (Å²) in [5, 5.41) is 3.15. The van der Waals surface area contributed by atoms with Gasteiger partial charge in [0.25, 0.3) is 0 Å². The predicted octanol–water partition coefficient (Wildman–Crippen LogP) is 2.11. The number of nitrogens with two attached hydrogens (primary N) is 1. The van der Waals surface area contributed by atoms with Crippen molar-refractivity contribution in [1.29, 1.82) is 0 Å². The van der Waals surface area contributed by atoms with Crippen LogP contribution in [-0.2, 0) is 4.79 Å². The third-order valence-electron chi connectivity index (χ3n) is 2.53. The first-order valence-electron chi connectivity index (χ1n) is 5.09. The zero-order chi connectivity index (χ0) is 12.3. The highest BCUT2D eigenvalue weighted by molar-refractivity contribution is 6.30. The van der Waals surface area contributed by atoms with Crippen molar-refractivity contribution >= 4 is 23.2 Å². The van der Waals surface area contributed by atoms with Gasteiger partial charge in [-0.15, -0.1) is 0 Å². The van der Waals surface area contributed by atoms with Crippen LogP contribution in [0.5, 0.6) is 0 Å². The number of hydrogen-bond donors (Lipinski definition) is 2. The average molecular weight is 242 g/mol. The highest BCUT2D eigenvalue weighted by Gasteiger charge is 2.25. The Kier molecular flexibility index (Phi) is 3.88. The fourth-order valence-electron chi connectivity index (χ4n) is 1.06. The maximum absolute atomic E-state index is 11.8. The van der Waals surface area contributed by atoms with Gasteiger partial charge in [0, 0.05) is 0 Å². The first kappa shape index (κ1) is 12.9. The van der Waals surface area contributed by atoms with E-state index in [1.54, 1.807) is 13.0 Å². The summed E-state index contributed by atoms with van der Waals surface area (Å²) in [4.78, 5) is 15.7. The average Bonchev–Trinajstić information content (AvgIpc) is 2.23. The van der Waals surface area contributed by atoms with Crippen molar-refractivity contribution in [2.45, 2.75) is 32.7 Å². The fourth-order valence-corrected chi connectivity index (χ4v) is 1.16. The normalized spacial score (nSPS) is 14.3. The molecule has 1 atom stereocenters. The number of aryl methyl sites for hydroxylation is 1. The summed E-state index contributed by atoms with van der Waals surface area (Å²) in [6.45, 7) is 5.38. The third kappa shape index (κ3) is 2.93. The van der Waals surface area contributed by atoms with E-state index in [1.165, 1.54) is 6.20 Å². The highest BCUT2D eigenvalue weighted by atomic mass is 35.5. The molecule has 16 heavy (non-hydrogen) atoms. The predicted molar refractivity (Wildman–Crippen MR) is 65.5 cm³/mol. The Bertz CT molecular complexity index is 404. The minimum absolute atomic E-state index is 0.224. The highest BCUT2D eigenvalue weighted by Crippen LogP contribution is 2.17. The molecule has 1 aromatic rings. The summed E-state index contributed by atoms with van der Waals surface area (Å²) in [6.07, 6.45) is 2.08. The Labute approximate surface area is 100 Å². The van der Waals surface area contributed by atoms with Gasteiger partial charge in [0.2, 0.25) is 5.91 Å². The Morgan fingerprint density at radius 3 is 2.81 bits per heavy atom. The molecule has 4 nitrogen and oxygen atoms in total. The van der Waals surface area contributed by atoms with Gasteiger partial charge < -0.3 is 11.1 Å². The molecule has 3 N–H and O–H groups in total. The first-order chi connectivity index (χ1) is 7.36. The Morgan fingerprint density at radius 1 is 1.69 bits per heavy atom. The monoisotopic (exact) mass is 241 g/mol. The smallest absolute Gasteiger partial charge is 0.244 e. The zero-order valence-corrected chi connectivity index (χ0v) is 10.4. The second kappa shape index (κ2) is 4.80. The van der Waals surface area contributed by atoms with Gasteiger partial charge in [0.15, 0.2) is 0 Å². The fraction of sp³-hybridized carbons (Fsp3) is 0.455. The first-order valence-corrected chi connectivity index (χ1v) is 5.47. The van der Waals surface area contributed by atoms with Crippen molar-refractivity contribution in [2.24, 2.45) is 5.73 Å². The molecule has 0 aliphatic heterocycles. The molecular formula is C11H16ClN3O. The molecule has 1 amide bonds. The minimum atomic E-state index is -0.868. The largest absolute Gasteiger partial charge is 0.323 e. The van der Waals surface area contributed by atoms with Crippen molar-refractivity contribution in [2.75, 3.05) is 5.32 Å². The molecule has 0 saturated heterocycles. The lowest BCUT2D eigenvalue weighted by atomic mass is 9.99. The van der Waals surface area contributed by atoms with E-state index in [1.807, 2.05) is 13.8 Å². The molecule has 0 spiro atoms. The van der Waals surface area contributed by atoms with Crippen LogP contribution in [-0.4, -0.2) is 16.4 Å². The van der Waals surface area contributed by atoms with Gasteiger partial charge in [-0.2, -0.15) is 0 Å². The number of nitrogens with zero attached hydrogens (tertiary/aromatic N) is 1. The SMILES string of the molecule is CCC(C)(N)C(=O)Nc1cnc(Cl)c(C)c1. The molecule has 0 aliphatic rings. The number of aromatic nitrogens is 1. The summed E-state index contributed by atoms with van der Waals surface area (Å²) < 4.78 is 0. The van der Waals surface area contributed by atoms with Gasteiger partial charge in [0.05, 0.1) is 17.4 Å². The van der Waals surface area contributed by atoms with Gasteiger partial charge in [-0.1, -0.05) is 18.5 Å². The third-order valence-corrected chi connectivity index (χ3v) is 2.92. The van der Waals surface area contributed by atoms with E-state index in [0.29, 0.717) is 17.3 Å². The molecule has 0 fully saturated rings. The maximum Gasteiger partial charge on any atom is 0.244 e. The number of nitrogens with one attached hydrogen (secondary N) is 1. The molecule has 5 heteroatoms. The Balaban J connectivity index is 2.82. The molecule has 88 valence electrons. The number of anilines is 1. The zero-order valence-electron chi connectivity index (χ0n) is 9.67. The van der Waals surface area contributed by atoms with Crippen LogP contribution in [0.3, 0.4) is 0 Å². The van der Waals surface area contributed by atoms with Crippen LogP contribution in [0.1, 0.15) is 25.8 Å². The van der Waals surface area contributed by atoms with Crippen LogP contribution in [0, 0.1) is 6.92 Å². The van der Waals surface area contributed by atoms with E-state index in [0.717, 1.165) is 5.56 Å². The summed E-state index contributed by atoms with van der Waals surface area (Å²) in [7, 11) is 0. The van der Waals surface area contributed by atoms with Gasteiger partial charge in [-0.25, -0.2) is 4.98 Å².